The molecule has 2 rings (SSSR count). The summed E-state index contributed by atoms with van der Waals surface area (Å²) in [7, 11) is 0. The van der Waals surface area contributed by atoms with Gasteiger partial charge >= 0.3 is 6.03 Å². The molecule has 0 saturated carbocycles. The van der Waals surface area contributed by atoms with E-state index in [9.17, 15) is 9.90 Å². The number of benzene rings is 2. The molecule has 0 aliphatic carbocycles. The van der Waals surface area contributed by atoms with E-state index in [1.54, 1.807) is 6.92 Å². The van der Waals surface area contributed by atoms with Crippen molar-refractivity contribution in [3.8, 4) is 0 Å². The lowest BCUT2D eigenvalue weighted by molar-refractivity contribution is 0.0587. The Morgan fingerprint density at radius 3 is 2.65 bits per heavy atom. The molecule has 1 atom stereocenters. The molecule has 0 aromatic heterocycles. The lowest BCUT2D eigenvalue weighted by Gasteiger charge is -2.21. The summed E-state index contributed by atoms with van der Waals surface area (Å²) >= 11 is 0. The Morgan fingerprint density at radius 2 is 1.90 bits per heavy atom. The van der Waals surface area contributed by atoms with Gasteiger partial charge in [-0.2, -0.15) is 0 Å². The van der Waals surface area contributed by atoms with E-state index >= 15 is 0 Å². The van der Waals surface area contributed by atoms with Crippen molar-refractivity contribution >= 4 is 22.5 Å². The Morgan fingerprint density at radius 1 is 1.20 bits per heavy atom. The van der Waals surface area contributed by atoms with Gasteiger partial charge in [0.2, 0.25) is 0 Å². The number of hydrogen-bond acceptors (Lipinski definition) is 2. The Bertz CT molecular complexity index is 603. The fourth-order valence-corrected chi connectivity index (χ4v) is 1.90. The van der Waals surface area contributed by atoms with E-state index < -0.39 is 5.60 Å². The van der Waals surface area contributed by atoms with E-state index in [-0.39, 0.29) is 12.6 Å². The Kier molecular flexibility index (Phi) is 4.25. The average molecular weight is 272 g/mol. The van der Waals surface area contributed by atoms with Crippen LogP contribution in [0.2, 0.25) is 0 Å². The van der Waals surface area contributed by atoms with Crippen LogP contribution < -0.4 is 10.6 Å². The van der Waals surface area contributed by atoms with Crippen LogP contribution in [0.1, 0.15) is 20.3 Å². The van der Waals surface area contributed by atoms with Gasteiger partial charge in [-0.05, 0) is 24.8 Å². The third kappa shape index (κ3) is 3.48. The molecule has 0 aliphatic heterocycles. The molecule has 2 aromatic carbocycles. The smallest absolute Gasteiger partial charge is 0.319 e. The first-order valence-electron chi connectivity index (χ1n) is 6.77. The van der Waals surface area contributed by atoms with Crippen LogP contribution in [-0.4, -0.2) is 23.3 Å². The molecular weight excluding hydrogens is 252 g/mol. The van der Waals surface area contributed by atoms with Crippen molar-refractivity contribution in [2.24, 2.45) is 0 Å². The monoisotopic (exact) mass is 272 g/mol. The maximum Gasteiger partial charge on any atom is 0.319 e. The molecule has 2 amide bonds. The second-order valence-electron chi connectivity index (χ2n) is 5.18. The summed E-state index contributed by atoms with van der Waals surface area (Å²) in [6.07, 6.45) is 0.585. The van der Waals surface area contributed by atoms with Crippen LogP contribution in [0.15, 0.2) is 42.5 Å². The van der Waals surface area contributed by atoms with E-state index in [1.807, 2.05) is 49.4 Å². The molecule has 4 nitrogen and oxygen atoms in total. The summed E-state index contributed by atoms with van der Waals surface area (Å²) in [6, 6.07) is 13.3. The zero-order chi connectivity index (χ0) is 14.6. The number of anilines is 1. The van der Waals surface area contributed by atoms with Gasteiger partial charge in [0.1, 0.15) is 0 Å². The van der Waals surface area contributed by atoms with Gasteiger partial charge in [-0.15, -0.1) is 0 Å². The summed E-state index contributed by atoms with van der Waals surface area (Å²) in [5.74, 6) is 0. The van der Waals surface area contributed by atoms with Crippen molar-refractivity contribution in [1.29, 1.82) is 0 Å². The molecule has 2 aromatic rings. The van der Waals surface area contributed by atoms with Crippen LogP contribution in [0.25, 0.3) is 10.8 Å². The highest BCUT2D eigenvalue weighted by molar-refractivity contribution is 6.01. The molecule has 20 heavy (non-hydrogen) atoms. The molecule has 0 saturated heterocycles. The molecule has 1 unspecified atom stereocenters. The SMILES string of the molecule is CCC(C)(O)CNC(=O)Nc1cccc2ccccc12. The highest BCUT2D eigenvalue weighted by Crippen LogP contribution is 2.22. The summed E-state index contributed by atoms with van der Waals surface area (Å²) in [5.41, 5.74) is -0.118. The summed E-state index contributed by atoms with van der Waals surface area (Å²) in [5, 5.41) is 17.4. The lowest BCUT2D eigenvalue weighted by atomic mass is 10.0. The van der Waals surface area contributed by atoms with Gasteiger partial charge in [0.15, 0.2) is 0 Å². The number of carbonyl (C=O) groups excluding carboxylic acids is 1. The zero-order valence-electron chi connectivity index (χ0n) is 11.8. The minimum absolute atomic E-state index is 0.222. The number of rotatable bonds is 4. The molecule has 0 bridgehead atoms. The van der Waals surface area contributed by atoms with Crippen molar-refractivity contribution in [3.05, 3.63) is 42.5 Å². The van der Waals surface area contributed by atoms with Crippen LogP contribution >= 0.6 is 0 Å². The molecule has 0 fully saturated rings. The predicted octanol–water partition coefficient (Wildman–Crippen LogP) is 3.12. The molecule has 0 heterocycles. The minimum Gasteiger partial charge on any atom is -0.388 e. The van der Waals surface area contributed by atoms with E-state index in [4.69, 9.17) is 0 Å². The van der Waals surface area contributed by atoms with Gasteiger partial charge in [0.25, 0.3) is 0 Å². The minimum atomic E-state index is -0.879. The normalized spacial score (nSPS) is 13.8. The zero-order valence-corrected chi connectivity index (χ0v) is 11.8. The van der Waals surface area contributed by atoms with Gasteiger partial charge in [-0.25, -0.2) is 4.79 Å². The molecule has 0 spiro atoms. The fraction of sp³-hybridized carbons (Fsp3) is 0.312. The Hall–Kier alpha value is -2.07. The summed E-state index contributed by atoms with van der Waals surface area (Å²) < 4.78 is 0. The largest absolute Gasteiger partial charge is 0.388 e. The lowest BCUT2D eigenvalue weighted by Crippen LogP contribution is -2.41. The van der Waals surface area contributed by atoms with Gasteiger partial charge in [0.05, 0.1) is 11.3 Å². The van der Waals surface area contributed by atoms with Crippen molar-refractivity contribution in [1.82, 2.24) is 5.32 Å². The van der Waals surface area contributed by atoms with Gasteiger partial charge < -0.3 is 15.7 Å². The quantitative estimate of drug-likeness (QED) is 0.800. The molecule has 0 aliphatic rings. The highest BCUT2D eigenvalue weighted by Gasteiger charge is 2.18. The Balaban J connectivity index is 2.07. The number of nitrogens with one attached hydrogen (secondary N) is 2. The van der Waals surface area contributed by atoms with Gasteiger partial charge in [-0.1, -0.05) is 43.3 Å². The van der Waals surface area contributed by atoms with E-state index in [0.717, 1.165) is 16.5 Å². The molecule has 4 heteroatoms. The number of carbonyl (C=O) groups is 1. The highest BCUT2D eigenvalue weighted by atomic mass is 16.3. The predicted molar refractivity (Wildman–Crippen MR) is 81.9 cm³/mol. The molecule has 0 radical (unpaired) electrons. The third-order valence-electron chi connectivity index (χ3n) is 3.43. The van der Waals surface area contributed by atoms with Gasteiger partial charge in [-0.3, -0.25) is 0 Å². The van der Waals surface area contributed by atoms with E-state index in [0.29, 0.717) is 6.42 Å². The summed E-state index contributed by atoms with van der Waals surface area (Å²) in [6.45, 7) is 3.80. The van der Waals surface area contributed by atoms with Crippen LogP contribution in [-0.2, 0) is 0 Å². The second kappa shape index (κ2) is 5.92. The van der Waals surface area contributed by atoms with Crippen molar-refractivity contribution in [2.45, 2.75) is 25.9 Å². The maximum absolute atomic E-state index is 11.9. The maximum atomic E-state index is 11.9. The third-order valence-corrected chi connectivity index (χ3v) is 3.43. The van der Waals surface area contributed by atoms with Crippen LogP contribution in [0.5, 0.6) is 0 Å². The number of amides is 2. The number of fused-ring (bicyclic) bond motifs is 1. The Labute approximate surface area is 118 Å². The first-order chi connectivity index (χ1) is 9.52. The second-order valence-corrected chi connectivity index (χ2v) is 5.18. The van der Waals surface area contributed by atoms with Crippen LogP contribution in [0.4, 0.5) is 10.5 Å². The van der Waals surface area contributed by atoms with Crippen molar-refractivity contribution in [2.75, 3.05) is 11.9 Å². The fourth-order valence-electron chi connectivity index (χ4n) is 1.90. The van der Waals surface area contributed by atoms with Crippen LogP contribution in [0, 0.1) is 0 Å². The molecular formula is C16H20N2O2. The van der Waals surface area contributed by atoms with E-state index in [2.05, 4.69) is 10.6 Å². The average Bonchev–Trinajstić information content (AvgIpc) is 2.46. The molecule has 3 N–H and O–H groups in total. The topological polar surface area (TPSA) is 61.4 Å². The van der Waals surface area contributed by atoms with Gasteiger partial charge in [0, 0.05) is 11.9 Å². The van der Waals surface area contributed by atoms with Crippen molar-refractivity contribution < 1.29 is 9.90 Å². The standard InChI is InChI=1S/C16H20N2O2/c1-3-16(2,20)11-17-15(19)18-14-10-6-8-12-7-4-5-9-13(12)14/h4-10,20H,3,11H2,1-2H3,(H2,17,18,19). The van der Waals surface area contributed by atoms with Crippen molar-refractivity contribution in [3.63, 3.8) is 0 Å². The molecule has 106 valence electrons. The number of aliphatic hydroxyl groups is 1. The first-order valence-corrected chi connectivity index (χ1v) is 6.77. The number of urea groups is 1. The van der Waals surface area contributed by atoms with Crippen LogP contribution in [0.3, 0.4) is 0 Å². The number of hydrogen-bond donors (Lipinski definition) is 3. The first kappa shape index (κ1) is 14.3. The van der Waals surface area contributed by atoms with E-state index in [1.165, 1.54) is 0 Å². The summed E-state index contributed by atoms with van der Waals surface area (Å²) in [4.78, 5) is 11.9.